The van der Waals surface area contributed by atoms with E-state index in [0.717, 1.165) is 0 Å². The van der Waals surface area contributed by atoms with E-state index in [0.29, 0.717) is 41.4 Å². The first-order valence-electron chi connectivity index (χ1n) is 10.1. The number of methoxy groups -OCH3 is 1. The average molecular weight is 412 g/mol. The summed E-state index contributed by atoms with van der Waals surface area (Å²) in [6.07, 6.45) is 2.49. The van der Waals surface area contributed by atoms with Crippen LogP contribution in [0.25, 0.3) is 0 Å². The number of likely N-dealkylation sites (N-methyl/N-ethyl adjacent to an activating group) is 1. The lowest BCUT2D eigenvalue weighted by atomic mass is 10.2. The smallest absolute Gasteiger partial charge is 0.262 e. The van der Waals surface area contributed by atoms with E-state index in [1.165, 1.54) is 12.8 Å². The van der Waals surface area contributed by atoms with Crippen LogP contribution in [-0.2, 0) is 4.79 Å². The third-order valence-corrected chi connectivity index (χ3v) is 5.22. The molecule has 1 saturated carbocycles. The molecule has 0 aromatic heterocycles. The monoisotopic (exact) mass is 411 g/mol. The number of benzene rings is 2. The van der Waals surface area contributed by atoms with Crippen LogP contribution in [0.5, 0.6) is 11.5 Å². The number of carbonyl (C=O) groups is 2. The Kier molecular flexibility index (Phi) is 7.30. The number of carbonyl (C=O) groups excluding carboxylic acids is 2. The molecule has 1 atom stereocenters. The number of ether oxygens (including phenoxy) is 2. The van der Waals surface area contributed by atoms with Gasteiger partial charge in [-0.15, -0.1) is 0 Å². The van der Waals surface area contributed by atoms with Crippen molar-refractivity contribution in [2.24, 2.45) is 0 Å². The van der Waals surface area contributed by atoms with E-state index in [-0.39, 0.29) is 18.4 Å². The second-order valence-electron chi connectivity index (χ2n) is 7.55. The molecule has 160 valence electrons. The minimum Gasteiger partial charge on any atom is -0.497 e. The number of nitrogens with one attached hydrogen (secondary N) is 2. The number of nitrogens with zero attached hydrogens (tertiary/aromatic N) is 1. The molecule has 0 radical (unpaired) electrons. The highest BCUT2D eigenvalue weighted by molar-refractivity contribution is 5.94. The maximum Gasteiger partial charge on any atom is 0.262 e. The van der Waals surface area contributed by atoms with Gasteiger partial charge in [0.05, 0.1) is 7.11 Å². The summed E-state index contributed by atoms with van der Waals surface area (Å²) in [6, 6.07) is 14.8. The Bertz CT molecular complexity index is 865. The standard InChI is InChI=1S/C23H29N3O4/c1-16(26(2)19-9-10-19)14-24-23(28)17-7-11-20(12-8-17)30-15-22(27)25-18-5-4-6-21(13-18)29-3/h4-8,11-13,16,19H,9-10,14-15H2,1-3H3,(H,24,28)(H,25,27). The van der Waals surface area contributed by atoms with E-state index >= 15 is 0 Å². The minimum absolute atomic E-state index is 0.117. The molecule has 0 spiro atoms. The van der Waals surface area contributed by atoms with Crippen molar-refractivity contribution >= 4 is 17.5 Å². The summed E-state index contributed by atoms with van der Waals surface area (Å²) in [5.41, 5.74) is 1.20. The summed E-state index contributed by atoms with van der Waals surface area (Å²) >= 11 is 0. The molecule has 0 aliphatic heterocycles. The van der Waals surface area contributed by atoms with Crippen LogP contribution >= 0.6 is 0 Å². The van der Waals surface area contributed by atoms with Crippen molar-refractivity contribution in [3.8, 4) is 11.5 Å². The van der Waals surface area contributed by atoms with E-state index < -0.39 is 0 Å². The zero-order valence-corrected chi connectivity index (χ0v) is 17.7. The van der Waals surface area contributed by atoms with Crippen LogP contribution in [-0.4, -0.2) is 56.1 Å². The molecule has 2 aromatic carbocycles. The third-order valence-electron chi connectivity index (χ3n) is 5.22. The van der Waals surface area contributed by atoms with E-state index in [2.05, 4.69) is 29.5 Å². The largest absolute Gasteiger partial charge is 0.497 e. The van der Waals surface area contributed by atoms with Crippen LogP contribution in [0.15, 0.2) is 48.5 Å². The van der Waals surface area contributed by atoms with Crippen molar-refractivity contribution in [2.45, 2.75) is 31.8 Å². The van der Waals surface area contributed by atoms with Gasteiger partial charge in [-0.25, -0.2) is 0 Å². The molecule has 0 saturated heterocycles. The molecular formula is C23H29N3O4. The van der Waals surface area contributed by atoms with Crippen molar-refractivity contribution in [1.82, 2.24) is 10.2 Å². The minimum atomic E-state index is -0.279. The second kappa shape index (κ2) is 10.1. The fourth-order valence-electron chi connectivity index (χ4n) is 3.08. The molecule has 0 bridgehead atoms. The topological polar surface area (TPSA) is 79.9 Å². The van der Waals surface area contributed by atoms with Gasteiger partial charge in [0.2, 0.25) is 0 Å². The molecule has 1 fully saturated rings. The lowest BCUT2D eigenvalue weighted by molar-refractivity contribution is -0.118. The maximum atomic E-state index is 12.3. The van der Waals surface area contributed by atoms with E-state index in [1.54, 1.807) is 55.6 Å². The summed E-state index contributed by atoms with van der Waals surface area (Å²) in [4.78, 5) is 26.7. The van der Waals surface area contributed by atoms with Gasteiger partial charge in [0, 0.05) is 35.9 Å². The van der Waals surface area contributed by atoms with Gasteiger partial charge >= 0.3 is 0 Å². The highest BCUT2D eigenvalue weighted by atomic mass is 16.5. The first kappa shape index (κ1) is 21.6. The van der Waals surface area contributed by atoms with Gasteiger partial charge in [0.25, 0.3) is 11.8 Å². The lowest BCUT2D eigenvalue weighted by Crippen LogP contribution is -2.41. The molecule has 1 unspecified atom stereocenters. The first-order valence-corrected chi connectivity index (χ1v) is 10.1. The molecule has 3 rings (SSSR count). The van der Waals surface area contributed by atoms with E-state index in [9.17, 15) is 9.59 Å². The van der Waals surface area contributed by atoms with Gasteiger partial charge in [0.1, 0.15) is 11.5 Å². The fourth-order valence-corrected chi connectivity index (χ4v) is 3.08. The van der Waals surface area contributed by atoms with E-state index in [1.807, 2.05) is 0 Å². The number of amides is 2. The number of hydrogen-bond donors (Lipinski definition) is 2. The van der Waals surface area contributed by atoms with Gasteiger partial charge in [-0.1, -0.05) is 6.07 Å². The Labute approximate surface area is 177 Å². The van der Waals surface area contributed by atoms with Crippen LogP contribution in [0, 0.1) is 0 Å². The summed E-state index contributed by atoms with van der Waals surface area (Å²) in [5, 5.41) is 5.73. The summed E-state index contributed by atoms with van der Waals surface area (Å²) in [5.74, 6) is 0.789. The average Bonchev–Trinajstić information content (AvgIpc) is 3.61. The summed E-state index contributed by atoms with van der Waals surface area (Å²) in [7, 11) is 3.67. The van der Waals surface area contributed by atoms with Gasteiger partial charge in [-0.3, -0.25) is 14.5 Å². The van der Waals surface area contributed by atoms with Crippen molar-refractivity contribution in [3.05, 3.63) is 54.1 Å². The first-order chi connectivity index (χ1) is 14.5. The SMILES string of the molecule is COc1cccc(NC(=O)COc2ccc(C(=O)NCC(C)N(C)C3CC3)cc2)c1. The maximum absolute atomic E-state index is 12.3. The van der Waals surface area contributed by atoms with E-state index in [4.69, 9.17) is 9.47 Å². The third kappa shape index (κ3) is 6.22. The fraction of sp³-hybridized carbons (Fsp3) is 0.391. The molecule has 0 heterocycles. The van der Waals surface area contributed by atoms with Crippen molar-refractivity contribution in [1.29, 1.82) is 0 Å². The van der Waals surface area contributed by atoms with Crippen LogP contribution < -0.4 is 20.1 Å². The van der Waals surface area contributed by atoms with Gasteiger partial charge in [-0.2, -0.15) is 0 Å². The normalized spacial score (nSPS) is 14.1. The van der Waals surface area contributed by atoms with Crippen LogP contribution in [0.3, 0.4) is 0 Å². The molecule has 2 aromatic rings. The zero-order chi connectivity index (χ0) is 21.5. The molecular weight excluding hydrogens is 382 g/mol. The Morgan fingerprint density at radius 1 is 1.13 bits per heavy atom. The van der Waals surface area contributed by atoms with Crippen LogP contribution in [0.1, 0.15) is 30.1 Å². The zero-order valence-electron chi connectivity index (χ0n) is 17.7. The molecule has 2 amide bonds. The Morgan fingerprint density at radius 3 is 2.53 bits per heavy atom. The lowest BCUT2D eigenvalue weighted by Gasteiger charge is -2.24. The van der Waals surface area contributed by atoms with Gasteiger partial charge in [0.15, 0.2) is 6.61 Å². The van der Waals surface area contributed by atoms with Crippen molar-refractivity contribution < 1.29 is 19.1 Å². The van der Waals surface area contributed by atoms with Gasteiger partial charge < -0.3 is 20.1 Å². The highest BCUT2D eigenvalue weighted by Gasteiger charge is 2.29. The molecule has 7 heteroatoms. The Hall–Kier alpha value is -3.06. The molecule has 1 aliphatic rings. The van der Waals surface area contributed by atoms with Crippen LogP contribution in [0.2, 0.25) is 0 Å². The number of anilines is 1. The van der Waals surface area contributed by atoms with Gasteiger partial charge in [-0.05, 0) is 63.2 Å². The molecule has 2 N–H and O–H groups in total. The molecule has 7 nitrogen and oxygen atoms in total. The van der Waals surface area contributed by atoms with Crippen molar-refractivity contribution in [2.75, 3.05) is 32.6 Å². The molecule has 30 heavy (non-hydrogen) atoms. The Morgan fingerprint density at radius 2 is 1.87 bits per heavy atom. The summed E-state index contributed by atoms with van der Waals surface area (Å²) in [6.45, 7) is 2.59. The predicted molar refractivity (Wildman–Crippen MR) is 116 cm³/mol. The predicted octanol–water partition coefficient (Wildman–Crippen LogP) is 2.93. The number of hydrogen-bond acceptors (Lipinski definition) is 5. The Balaban J connectivity index is 1.43. The number of rotatable bonds is 10. The molecule has 1 aliphatic carbocycles. The summed E-state index contributed by atoms with van der Waals surface area (Å²) < 4.78 is 10.6. The highest BCUT2D eigenvalue weighted by Crippen LogP contribution is 2.26. The second-order valence-corrected chi connectivity index (χ2v) is 7.55. The van der Waals surface area contributed by atoms with Crippen LogP contribution in [0.4, 0.5) is 5.69 Å². The van der Waals surface area contributed by atoms with Crippen molar-refractivity contribution in [3.63, 3.8) is 0 Å². The quantitative estimate of drug-likeness (QED) is 0.628.